The molecule has 0 bridgehead atoms. The highest BCUT2D eigenvalue weighted by Crippen LogP contribution is 2.32. The number of ether oxygens (including phenoxy) is 2. The SMILES string of the molecule is C/C=C(\C=C/C(C)c1cc(F)ccc1OCC1=CC(C)(C)O1)n1cc(NC(N)=O)c(C(N)=O)n1. The van der Waals surface area contributed by atoms with Crippen LogP contribution in [0.3, 0.4) is 0 Å². The number of nitrogens with two attached hydrogens (primary N) is 2. The Labute approximate surface area is 196 Å². The van der Waals surface area contributed by atoms with E-state index >= 15 is 0 Å². The normalized spacial score (nSPS) is 15.8. The van der Waals surface area contributed by atoms with E-state index in [4.69, 9.17) is 20.9 Å². The van der Waals surface area contributed by atoms with Gasteiger partial charge < -0.3 is 26.3 Å². The van der Waals surface area contributed by atoms with Gasteiger partial charge in [-0.15, -0.1) is 0 Å². The third-order valence-electron chi connectivity index (χ3n) is 5.06. The van der Waals surface area contributed by atoms with E-state index in [1.165, 1.54) is 23.0 Å². The number of halogens is 1. The molecule has 1 unspecified atom stereocenters. The number of urea groups is 1. The Balaban J connectivity index is 1.80. The lowest BCUT2D eigenvalue weighted by Gasteiger charge is -2.34. The number of carbonyl (C=O) groups is 2. The number of anilines is 1. The molecule has 0 aliphatic carbocycles. The average molecular weight is 470 g/mol. The van der Waals surface area contributed by atoms with E-state index in [2.05, 4.69) is 10.4 Å². The summed E-state index contributed by atoms with van der Waals surface area (Å²) >= 11 is 0. The summed E-state index contributed by atoms with van der Waals surface area (Å²) < 4.78 is 26.9. The second kappa shape index (κ2) is 9.82. The smallest absolute Gasteiger partial charge is 0.316 e. The molecule has 0 saturated carbocycles. The van der Waals surface area contributed by atoms with Crippen molar-refractivity contribution in [3.8, 4) is 5.75 Å². The number of nitrogens with zero attached hydrogens (tertiary/aromatic N) is 2. The van der Waals surface area contributed by atoms with Crippen molar-refractivity contribution in [1.82, 2.24) is 9.78 Å². The van der Waals surface area contributed by atoms with Gasteiger partial charge in [-0.05, 0) is 51.1 Å². The Bertz CT molecular complexity index is 1200. The molecule has 3 amide bonds. The summed E-state index contributed by atoms with van der Waals surface area (Å²) in [6.07, 6.45) is 8.75. The highest BCUT2D eigenvalue weighted by Gasteiger charge is 2.28. The maximum Gasteiger partial charge on any atom is 0.316 e. The number of hydrogen-bond donors (Lipinski definition) is 3. The average Bonchev–Trinajstić information content (AvgIpc) is 3.14. The van der Waals surface area contributed by atoms with E-state index < -0.39 is 11.9 Å². The molecule has 1 aromatic heterocycles. The largest absolute Gasteiger partial charge is 0.485 e. The molecule has 5 N–H and O–H groups in total. The summed E-state index contributed by atoms with van der Waals surface area (Å²) in [4.78, 5) is 22.9. The number of benzene rings is 1. The Morgan fingerprint density at radius 2 is 2.06 bits per heavy atom. The van der Waals surface area contributed by atoms with Crippen LogP contribution in [-0.4, -0.2) is 33.9 Å². The van der Waals surface area contributed by atoms with Crippen LogP contribution >= 0.6 is 0 Å². The van der Waals surface area contributed by atoms with Gasteiger partial charge in [0.25, 0.3) is 5.91 Å². The van der Waals surface area contributed by atoms with E-state index in [0.717, 1.165) is 5.76 Å². The lowest BCUT2D eigenvalue weighted by Crippen LogP contribution is -2.33. The summed E-state index contributed by atoms with van der Waals surface area (Å²) in [6.45, 7) is 7.82. The van der Waals surface area contributed by atoms with Gasteiger partial charge >= 0.3 is 6.03 Å². The van der Waals surface area contributed by atoms with Crippen molar-refractivity contribution in [2.75, 3.05) is 11.9 Å². The minimum Gasteiger partial charge on any atom is -0.485 e. The Morgan fingerprint density at radius 1 is 1.35 bits per heavy atom. The Kier molecular flexibility index (Phi) is 7.09. The lowest BCUT2D eigenvalue weighted by atomic mass is 9.99. The van der Waals surface area contributed by atoms with Gasteiger partial charge in [0.15, 0.2) is 5.69 Å². The fraction of sp³-hybridized carbons (Fsp3) is 0.292. The van der Waals surface area contributed by atoms with Crippen LogP contribution in [0.15, 0.2) is 54.5 Å². The van der Waals surface area contributed by atoms with Gasteiger partial charge in [-0.3, -0.25) is 4.79 Å². The van der Waals surface area contributed by atoms with Crippen LogP contribution in [0.2, 0.25) is 0 Å². The van der Waals surface area contributed by atoms with Crippen LogP contribution in [0.1, 0.15) is 49.7 Å². The topological polar surface area (TPSA) is 134 Å². The zero-order valence-corrected chi connectivity index (χ0v) is 19.5. The van der Waals surface area contributed by atoms with E-state index in [9.17, 15) is 14.0 Å². The van der Waals surface area contributed by atoms with Crippen molar-refractivity contribution in [2.45, 2.75) is 39.2 Å². The number of primary amides is 2. The number of nitrogens with one attached hydrogen (secondary N) is 1. The van der Waals surface area contributed by atoms with Gasteiger partial charge in [0, 0.05) is 11.5 Å². The number of aromatic nitrogens is 2. The highest BCUT2D eigenvalue weighted by molar-refractivity contribution is 6.00. The first kappa shape index (κ1) is 24.6. The molecule has 3 rings (SSSR count). The van der Waals surface area contributed by atoms with Crippen LogP contribution in [0, 0.1) is 5.82 Å². The van der Waals surface area contributed by atoms with Crippen molar-refractivity contribution < 1.29 is 23.5 Å². The third-order valence-corrected chi connectivity index (χ3v) is 5.06. The molecule has 34 heavy (non-hydrogen) atoms. The Hall–Kier alpha value is -4.08. The minimum atomic E-state index is -0.849. The van der Waals surface area contributed by atoms with Gasteiger partial charge in [-0.2, -0.15) is 5.10 Å². The maximum atomic E-state index is 14.0. The summed E-state index contributed by atoms with van der Waals surface area (Å²) in [7, 11) is 0. The molecule has 1 atom stereocenters. The second-order valence-corrected chi connectivity index (χ2v) is 8.34. The van der Waals surface area contributed by atoms with Crippen LogP contribution in [0.4, 0.5) is 14.9 Å². The van der Waals surface area contributed by atoms with Crippen LogP contribution in [0.25, 0.3) is 5.70 Å². The number of amides is 3. The Morgan fingerprint density at radius 3 is 2.65 bits per heavy atom. The highest BCUT2D eigenvalue weighted by atomic mass is 19.1. The number of carbonyl (C=O) groups excluding carboxylic acids is 2. The molecule has 0 spiro atoms. The third kappa shape index (κ3) is 5.83. The fourth-order valence-corrected chi connectivity index (χ4v) is 3.52. The standard InChI is InChI=1S/C24H28FN5O4/c1-5-16(30-12-19(28-23(27)32)21(29-30)22(26)31)8-6-14(2)18-10-15(25)7-9-20(18)33-13-17-11-24(3,4)34-17/h5-12,14H,13H2,1-4H3,(H2,26,31)(H3,27,28,32)/b8-6-,16-5+. The van der Waals surface area contributed by atoms with E-state index in [1.807, 2.05) is 32.9 Å². The molecule has 1 aliphatic rings. The van der Waals surface area contributed by atoms with Crippen molar-refractivity contribution in [1.29, 1.82) is 0 Å². The first-order valence-corrected chi connectivity index (χ1v) is 10.6. The molecule has 2 aromatic rings. The predicted octanol–water partition coefficient (Wildman–Crippen LogP) is 3.90. The van der Waals surface area contributed by atoms with Crippen LogP contribution < -0.4 is 21.5 Å². The van der Waals surface area contributed by atoms with Crippen molar-refractivity contribution in [3.05, 3.63) is 71.5 Å². The zero-order chi connectivity index (χ0) is 25.0. The minimum absolute atomic E-state index is 0.0947. The van der Waals surface area contributed by atoms with E-state index in [-0.39, 0.29) is 35.3 Å². The number of rotatable bonds is 9. The second-order valence-electron chi connectivity index (χ2n) is 8.34. The first-order valence-electron chi connectivity index (χ1n) is 10.6. The van der Waals surface area contributed by atoms with Gasteiger partial charge in [-0.1, -0.05) is 19.1 Å². The summed E-state index contributed by atoms with van der Waals surface area (Å²) in [6, 6.07) is 3.51. The number of allylic oxidation sites excluding steroid dienone is 4. The van der Waals surface area contributed by atoms with E-state index in [0.29, 0.717) is 17.0 Å². The zero-order valence-electron chi connectivity index (χ0n) is 19.5. The molecule has 9 nitrogen and oxygen atoms in total. The molecule has 2 heterocycles. The first-order chi connectivity index (χ1) is 16.0. The quantitative estimate of drug-likeness (QED) is 0.479. The molecular formula is C24H28FN5O4. The fourth-order valence-electron chi connectivity index (χ4n) is 3.52. The summed E-state index contributed by atoms with van der Waals surface area (Å²) in [5.74, 6) is -0.162. The summed E-state index contributed by atoms with van der Waals surface area (Å²) in [5, 5.41) is 6.47. The van der Waals surface area contributed by atoms with E-state index in [1.54, 1.807) is 25.1 Å². The van der Waals surface area contributed by atoms with Crippen molar-refractivity contribution in [3.63, 3.8) is 0 Å². The molecule has 10 heteroatoms. The molecule has 180 valence electrons. The monoisotopic (exact) mass is 469 g/mol. The molecule has 1 aromatic carbocycles. The summed E-state index contributed by atoms with van der Waals surface area (Å²) in [5.41, 5.74) is 11.4. The molecule has 0 saturated heterocycles. The molecule has 0 radical (unpaired) electrons. The molecular weight excluding hydrogens is 441 g/mol. The van der Waals surface area contributed by atoms with Gasteiger partial charge in [0.05, 0.1) is 17.6 Å². The van der Waals surface area contributed by atoms with Crippen LogP contribution in [-0.2, 0) is 4.74 Å². The van der Waals surface area contributed by atoms with Crippen LogP contribution in [0.5, 0.6) is 5.75 Å². The van der Waals surface area contributed by atoms with Gasteiger partial charge in [-0.25, -0.2) is 13.9 Å². The molecule has 0 fully saturated rings. The van der Waals surface area contributed by atoms with Gasteiger partial charge in [0.2, 0.25) is 0 Å². The predicted molar refractivity (Wildman–Crippen MR) is 127 cm³/mol. The van der Waals surface area contributed by atoms with Gasteiger partial charge in [0.1, 0.15) is 29.5 Å². The van der Waals surface area contributed by atoms with Crippen molar-refractivity contribution in [2.24, 2.45) is 11.5 Å². The number of hydrogen-bond acceptors (Lipinski definition) is 5. The molecule has 1 aliphatic heterocycles. The van der Waals surface area contributed by atoms with Crippen molar-refractivity contribution >= 4 is 23.3 Å². The maximum absolute atomic E-state index is 14.0. The lowest BCUT2D eigenvalue weighted by molar-refractivity contribution is 0.00975.